The third-order valence-electron chi connectivity index (χ3n) is 3.15. The average Bonchev–Trinajstić information content (AvgIpc) is 2.90. The number of nitrogens with two attached hydrogens (primary N) is 1. The molecule has 0 amide bonds. The Morgan fingerprint density at radius 3 is 3.11 bits per heavy atom. The number of hydrogen-bond acceptors (Lipinski definition) is 4. The van der Waals surface area contributed by atoms with Crippen LogP contribution in [-0.4, -0.2) is 13.2 Å². The summed E-state index contributed by atoms with van der Waals surface area (Å²) < 4.78 is 7.06. The summed E-state index contributed by atoms with van der Waals surface area (Å²) in [5, 5.41) is 2.10. The van der Waals surface area contributed by atoms with Crippen LogP contribution in [0.25, 0.3) is 0 Å². The molecule has 4 heteroatoms. The lowest BCUT2D eigenvalue weighted by molar-refractivity contribution is 0.268. The molecule has 0 saturated carbocycles. The van der Waals surface area contributed by atoms with E-state index in [-0.39, 0.29) is 0 Å². The molecule has 0 saturated heterocycles. The molecular weight excluding hydrogens is 262 g/mol. The topological polar surface area (TPSA) is 35.2 Å². The SMILES string of the molecule is NCC1CCOc2cc(Sc3cccs3)ccc21. The van der Waals surface area contributed by atoms with Gasteiger partial charge in [-0.3, -0.25) is 0 Å². The van der Waals surface area contributed by atoms with Crippen molar-refractivity contribution in [1.29, 1.82) is 0 Å². The van der Waals surface area contributed by atoms with Crippen LogP contribution in [0.3, 0.4) is 0 Å². The number of ether oxygens (including phenoxy) is 1. The molecule has 1 aliphatic rings. The first kappa shape index (κ1) is 12.1. The maximum absolute atomic E-state index is 5.81. The highest BCUT2D eigenvalue weighted by Crippen LogP contribution is 2.38. The van der Waals surface area contributed by atoms with Crippen molar-refractivity contribution in [3.05, 3.63) is 41.3 Å². The molecule has 1 aromatic carbocycles. The molecule has 0 radical (unpaired) electrons. The number of fused-ring (bicyclic) bond motifs is 1. The molecule has 0 aliphatic carbocycles. The van der Waals surface area contributed by atoms with Crippen molar-refractivity contribution in [3.8, 4) is 5.75 Å². The van der Waals surface area contributed by atoms with Crippen LogP contribution in [0.2, 0.25) is 0 Å². The first-order chi connectivity index (χ1) is 8.86. The molecule has 3 rings (SSSR count). The molecule has 1 atom stereocenters. The number of thiophene rings is 1. The fourth-order valence-corrected chi connectivity index (χ4v) is 3.97. The Bertz CT molecular complexity index is 525. The summed E-state index contributed by atoms with van der Waals surface area (Å²) >= 11 is 3.55. The molecule has 0 bridgehead atoms. The van der Waals surface area contributed by atoms with Crippen molar-refractivity contribution in [2.45, 2.75) is 21.4 Å². The maximum Gasteiger partial charge on any atom is 0.123 e. The van der Waals surface area contributed by atoms with Crippen LogP contribution < -0.4 is 10.5 Å². The van der Waals surface area contributed by atoms with E-state index in [0.717, 1.165) is 18.8 Å². The first-order valence-corrected chi connectivity index (χ1v) is 7.74. The normalized spacial score (nSPS) is 18.2. The second-order valence-corrected chi connectivity index (χ2v) is 6.63. The minimum absolute atomic E-state index is 0.453. The first-order valence-electron chi connectivity index (χ1n) is 6.05. The van der Waals surface area contributed by atoms with Gasteiger partial charge in [-0.25, -0.2) is 0 Å². The van der Waals surface area contributed by atoms with Gasteiger partial charge < -0.3 is 10.5 Å². The molecule has 0 spiro atoms. The molecule has 1 aliphatic heterocycles. The standard InChI is InChI=1S/C14H15NOS2/c15-9-10-5-6-16-13-8-11(3-4-12(10)13)18-14-2-1-7-17-14/h1-4,7-8,10H,5-6,9,15H2. The molecule has 18 heavy (non-hydrogen) atoms. The molecule has 2 heterocycles. The van der Waals surface area contributed by atoms with E-state index in [1.807, 2.05) is 0 Å². The van der Waals surface area contributed by atoms with E-state index in [4.69, 9.17) is 10.5 Å². The third-order valence-corrected chi connectivity index (χ3v) is 5.17. The second kappa shape index (κ2) is 5.34. The minimum atomic E-state index is 0.453. The quantitative estimate of drug-likeness (QED) is 0.928. The van der Waals surface area contributed by atoms with Gasteiger partial charge in [0.2, 0.25) is 0 Å². The molecule has 2 N–H and O–H groups in total. The number of rotatable bonds is 3. The van der Waals surface area contributed by atoms with Gasteiger partial charge in [-0.05, 0) is 42.1 Å². The maximum atomic E-state index is 5.81. The Labute approximate surface area is 115 Å². The van der Waals surface area contributed by atoms with Crippen LogP contribution in [-0.2, 0) is 0 Å². The molecule has 1 unspecified atom stereocenters. The summed E-state index contributed by atoms with van der Waals surface area (Å²) in [7, 11) is 0. The van der Waals surface area contributed by atoms with Crippen LogP contribution >= 0.6 is 23.1 Å². The van der Waals surface area contributed by atoms with Crippen molar-refractivity contribution >= 4 is 23.1 Å². The van der Waals surface area contributed by atoms with Crippen LogP contribution in [0, 0.1) is 0 Å². The molecule has 2 nitrogen and oxygen atoms in total. The predicted molar refractivity (Wildman–Crippen MR) is 76.8 cm³/mol. The predicted octanol–water partition coefficient (Wildman–Crippen LogP) is 3.72. The zero-order valence-electron chi connectivity index (χ0n) is 9.96. The summed E-state index contributed by atoms with van der Waals surface area (Å²) in [6.45, 7) is 1.48. The number of benzene rings is 1. The molecular formula is C14H15NOS2. The summed E-state index contributed by atoms with van der Waals surface area (Å²) in [4.78, 5) is 1.23. The Morgan fingerprint density at radius 1 is 1.39 bits per heavy atom. The molecule has 2 aromatic rings. The highest BCUT2D eigenvalue weighted by molar-refractivity contribution is 8.01. The monoisotopic (exact) mass is 277 g/mol. The Balaban J connectivity index is 1.86. The van der Waals surface area contributed by atoms with Crippen LogP contribution in [0.1, 0.15) is 17.9 Å². The van der Waals surface area contributed by atoms with Crippen molar-refractivity contribution in [1.82, 2.24) is 0 Å². The number of hydrogen-bond donors (Lipinski definition) is 1. The lowest BCUT2D eigenvalue weighted by atomic mass is 9.93. The van der Waals surface area contributed by atoms with Crippen molar-refractivity contribution in [2.24, 2.45) is 5.73 Å². The van der Waals surface area contributed by atoms with Crippen molar-refractivity contribution in [3.63, 3.8) is 0 Å². The van der Waals surface area contributed by atoms with Gasteiger partial charge in [0.1, 0.15) is 5.75 Å². The fourth-order valence-electron chi connectivity index (χ4n) is 2.19. The van der Waals surface area contributed by atoms with Gasteiger partial charge in [0.05, 0.1) is 10.8 Å². The van der Waals surface area contributed by atoms with Gasteiger partial charge in [0, 0.05) is 10.8 Å². The average molecular weight is 277 g/mol. The van der Waals surface area contributed by atoms with Gasteiger partial charge in [-0.2, -0.15) is 0 Å². The Kier molecular flexibility index (Phi) is 3.59. The van der Waals surface area contributed by atoms with E-state index < -0.39 is 0 Å². The van der Waals surface area contributed by atoms with E-state index in [0.29, 0.717) is 12.5 Å². The van der Waals surface area contributed by atoms with Crippen LogP contribution in [0.15, 0.2) is 44.8 Å². The van der Waals surface area contributed by atoms with Crippen LogP contribution in [0.5, 0.6) is 5.75 Å². The second-order valence-electron chi connectivity index (χ2n) is 4.30. The van der Waals surface area contributed by atoms with Gasteiger partial charge in [-0.15, -0.1) is 11.3 Å². The van der Waals surface area contributed by atoms with Gasteiger partial charge in [0.25, 0.3) is 0 Å². The zero-order chi connectivity index (χ0) is 12.4. The highest BCUT2D eigenvalue weighted by atomic mass is 32.2. The molecule has 94 valence electrons. The van der Waals surface area contributed by atoms with Gasteiger partial charge >= 0.3 is 0 Å². The lowest BCUT2D eigenvalue weighted by Gasteiger charge is -2.25. The Morgan fingerprint density at radius 2 is 2.33 bits per heavy atom. The summed E-state index contributed by atoms with van der Waals surface area (Å²) in [6, 6.07) is 10.7. The van der Waals surface area contributed by atoms with E-state index in [1.165, 1.54) is 14.7 Å². The van der Waals surface area contributed by atoms with Crippen LogP contribution in [0.4, 0.5) is 0 Å². The van der Waals surface area contributed by atoms with Crippen molar-refractivity contribution < 1.29 is 4.74 Å². The van der Waals surface area contributed by atoms with E-state index in [1.54, 1.807) is 23.1 Å². The van der Waals surface area contributed by atoms with Crippen molar-refractivity contribution in [2.75, 3.05) is 13.2 Å². The summed E-state index contributed by atoms with van der Waals surface area (Å²) in [5.41, 5.74) is 7.07. The highest BCUT2D eigenvalue weighted by Gasteiger charge is 2.20. The summed E-state index contributed by atoms with van der Waals surface area (Å²) in [6.07, 6.45) is 1.03. The van der Waals surface area contributed by atoms with E-state index in [2.05, 4.69) is 35.7 Å². The Hall–Kier alpha value is -0.970. The van der Waals surface area contributed by atoms with Gasteiger partial charge in [-0.1, -0.05) is 23.9 Å². The fraction of sp³-hybridized carbons (Fsp3) is 0.286. The molecule has 0 fully saturated rings. The largest absolute Gasteiger partial charge is 0.493 e. The zero-order valence-corrected chi connectivity index (χ0v) is 11.6. The van der Waals surface area contributed by atoms with E-state index >= 15 is 0 Å². The molecule has 1 aromatic heterocycles. The van der Waals surface area contributed by atoms with E-state index in [9.17, 15) is 0 Å². The van der Waals surface area contributed by atoms with Gasteiger partial charge in [0.15, 0.2) is 0 Å². The smallest absolute Gasteiger partial charge is 0.123 e. The third kappa shape index (κ3) is 2.41. The lowest BCUT2D eigenvalue weighted by Crippen LogP contribution is -2.20. The summed E-state index contributed by atoms with van der Waals surface area (Å²) in [5.74, 6) is 1.47. The minimum Gasteiger partial charge on any atom is -0.493 e.